The van der Waals surface area contributed by atoms with E-state index in [1.807, 2.05) is 28.8 Å². The second-order valence-electron chi connectivity index (χ2n) is 6.92. The van der Waals surface area contributed by atoms with Crippen LogP contribution in [0, 0.1) is 5.92 Å². The molecular weight excluding hydrogens is 370 g/mol. The first-order valence-electron chi connectivity index (χ1n) is 9.09. The Balaban J connectivity index is 1.92. The number of esters is 1. The lowest BCUT2D eigenvalue weighted by atomic mass is 10.2. The van der Waals surface area contributed by atoms with Crippen molar-refractivity contribution in [1.82, 2.24) is 4.57 Å². The maximum Gasteiger partial charge on any atom is 0.354 e. The average molecular weight is 395 g/mol. The molecule has 8 heteroatoms. The van der Waals surface area contributed by atoms with Gasteiger partial charge in [-0.25, -0.2) is 4.79 Å². The molecule has 1 aliphatic rings. The largest absolute Gasteiger partial charge is 0.489 e. The Labute approximate surface area is 159 Å². The van der Waals surface area contributed by atoms with Crippen molar-refractivity contribution >= 4 is 27.0 Å². The summed E-state index contributed by atoms with van der Waals surface area (Å²) in [5.74, 6) is 0.788. The van der Waals surface area contributed by atoms with Crippen molar-refractivity contribution in [2.75, 3.05) is 19.5 Å². The van der Waals surface area contributed by atoms with Crippen molar-refractivity contribution < 1.29 is 26.9 Å². The second-order valence-corrected chi connectivity index (χ2v) is 8.52. The third kappa shape index (κ3) is 5.01. The number of ether oxygens (including phenoxy) is 2. The van der Waals surface area contributed by atoms with Gasteiger partial charge in [0.15, 0.2) is 0 Å². The van der Waals surface area contributed by atoms with E-state index in [0.717, 1.165) is 36.5 Å². The highest BCUT2D eigenvalue weighted by Crippen LogP contribution is 2.36. The number of nitrogens with zero attached hydrogens (tertiary/aromatic N) is 1. The molecule has 1 aliphatic carbocycles. The highest BCUT2D eigenvalue weighted by Gasteiger charge is 2.27. The lowest BCUT2D eigenvalue weighted by Gasteiger charge is -2.15. The van der Waals surface area contributed by atoms with Crippen LogP contribution in [0.2, 0.25) is 0 Å². The van der Waals surface area contributed by atoms with Crippen molar-refractivity contribution in [2.24, 2.45) is 5.92 Å². The molecule has 27 heavy (non-hydrogen) atoms. The molecule has 2 aromatic rings. The molecule has 0 N–H and O–H groups in total. The molecule has 0 spiro atoms. The van der Waals surface area contributed by atoms with Crippen LogP contribution in [0.3, 0.4) is 0 Å². The van der Waals surface area contributed by atoms with E-state index in [2.05, 4.69) is 0 Å². The van der Waals surface area contributed by atoms with Crippen LogP contribution in [-0.4, -0.2) is 44.5 Å². The Morgan fingerprint density at radius 3 is 2.70 bits per heavy atom. The van der Waals surface area contributed by atoms with Crippen molar-refractivity contribution in [3.05, 3.63) is 30.0 Å². The molecule has 1 fully saturated rings. The van der Waals surface area contributed by atoms with Gasteiger partial charge in [-0.15, -0.1) is 0 Å². The van der Waals surface area contributed by atoms with Gasteiger partial charge in [-0.1, -0.05) is 12.1 Å². The molecule has 3 rings (SSSR count). The molecule has 1 heterocycles. The number of benzene rings is 1. The summed E-state index contributed by atoms with van der Waals surface area (Å²) in [6.45, 7) is 4.54. The lowest BCUT2D eigenvalue weighted by molar-refractivity contribution is 0.0514. The molecule has 148 valence electrons. The molecule has 0 aliphatic heterocycles. The summed E-state index contributed by atoms with van der Waals surface area (Å²) in [4.78, 5) is 12.4. The summed E-state index contributed by atoms with van der Waals surface area (Å²) in [5.41, 5.74) is 1.33. The zero-order valence-electron chi connectivity index (χ0n) is 15.8. The number of hydrogen-bond acceptors (Lipinski definition) is 6. The van der Waals surface area contributed by atoms with Gasteiger partial charge in [0.25, 0.3) is 10.1 Å². The number of carbonyl (C=O) groups is 1. The standard InChI is InChI=1S/C19H25NO6S/c1-4-24-19(21)16-10-15-6-5-7-17(18(15)20(16)11-14-8-9-14)25-12-13(2)26-27(3,22)23/h5-7,10,13-14H,4,8-9,11-12H2,1-3H3/t13-/m0/s1. The zero-order chi connectivity index (χ0) is 19.6. The molecule has 0 unspecified atom stereocenters. The molecule has 0 bridgehead atoms. The van der Waals surface area contributed by atoms with Crippen LogP contribution in [0.15, 0.2) is 24.3 Å². The van der Waals surface area contributed by atoms with Crippen LogP contribution in [0.5, 0.6) is 5.75 Å². The summed E-state index contributed by atoms with van der Waals surface area (Å²) >= 11 is 0. The lowest BCUT2D eigenvalue weighted by Crippen LogP contribution is -2.21. The smallest absolute Gasteiger partial charge is 0.354 e. The maximum absolute atomic E-state index is 12.4. The van der Waals surface area contributed by atoms with Gasteiger partial charge in [-0.05, 0) is 44.7 Å². The first kappa shape index (κ1) is 19.7. The minimum absolute atomic E-state index is 0.0789. The predicted molar refractivity (Wildman–Crippen MR) is 102 cm³/mol. The van der Waals surface area contributed by atoms with Crippen molar-refractivity contribution in [1.29, 1.82) is 0 Å². The van der Waals surface area contributed by atoms with Gasteiger partial charge < -0.3 is 14.0 Å². The fraction of sp³-hybridized carbons (Fsp3) is 0.526. The van der Waals surface area contributed by atoms with Gasteiger partial charge in [0.05, 0.1) is 18.4 Å². The molecule has 1 aromatic carbocycles. The van der Waals surface area contributed by atoms with E-state index in [1.165, 1.54) is 0 Å². The third-order valence-electron chi connectivity index (χ3n) is 4.32. The summed E-state index contributed by atoms with van der Waals surface area (Å²) in [6, 6.07) is 7.40. The van der Waals surface area contributed by atoms with E-state index in [-0.39, 0.29) is 12.6 Å². The first-order valence-corrected chi connectivity index (χ1v) is 10.9. The molecule has 0 amide bonds. The van der Waals surface area contributed by atoms with E-state index >= 15 is 0 Å². The van der Waals surface area contributed by atoms with Gasteiger partial charge in [-0.3, -0.25) is 4.18 Å². The number of fused-ring (bicyclic) bond motifs is 1. The predicted octanol–water partition coefficient (Wildman–Crippen LogP) is 2.97. The minimum Gasteiger partial charge on any atom is -0.489 e. The molecule has 1 aromatic heterocycles. The summed E-state index contributed by atoms with van der Waals surface area (Å²) in [5, 5.41) is 0.882. The monoisotopic (exact) mass is 395 g/mol. The number of para-hydroxylation sites is 1. The van der Waals surface area contributed by atoms with Crippen LogP contribution in [0.4, 0.5) is 0 Å². The Morgan fingerprint density at radius 1 is 1.33 bits per heavy atom. The number of aromatic nitrogens is 1. The van der Waals surface area contributed by atoms with Gasteiger partial charge in [-0.2, -0.15) is 8.42 Å². The minimum atomic E-state index is -3.55. The molecule has 1 saturated carbocycles. The molecule has 1 atom stereocenters. The zero-order valence-corrected chi connectivity index (χ0v) is 16.6. The first-order chi connectivity index (χ1) is 12.8. The van der Waals surface area contributed by atoms with Crippen LogP contribution in [0.1, 0.15) is 37.2 Å². The molecular formula is C19H25NO6S. The Bertz CT molecular complexity index is 929. The van der Waals surface area contributed by atoms with Gasteiger partial charge in [0, 0.05) is 11.9 Å². The topological polar surface area (TPSA) is 83.8 Å². The number of hydrogen-bond donors (Lipinski definition) is 0. The number of carbonyl (C=O) groups excluding carboxylic acids is 1. The van der Waals surface area contributed by atoms with Crippen LogP contribution in [0.25, 0.3) is 10.9 Å². The highest BCUT2D eigenvalue weighted by molar-refractivity contribution is 7.86. The average Bonchev–Trinajstić information content (AvgIpc) is 3.31. The fourth-order valence-corrected chi connectivity index (χ4v) is 3.71. The SMILES string of the molecule is CCOC(=O)c1cc2cccc(OC[C@H](C)OS(C)(=O)=O)c2n1CC1CC1. The second kappa shape index (κ2) is 7.90. The Kier molecular flexibility index (Phi) is 5.76. The molecule has 7 nitrogen and oxygen atoms in total. The van der Waals surface area contributed by atoms with Crippen LogP contribution >= 0.6 is 0 Å². The highest BCUT2D eigenvalue weighted by atomic mass is 32.2. The fourth-order valence-electron chi connectivity index (χ4n) is 3.06. The van der Waals surface area contributed by atoms with Crippen LogP contribution < -0.4 is 4.74 Å². The van der Waals surface area contributed by atoms with E-state index in [4.69, 9.17) is 13.7 Å². The van der Waals surface area contributed by atoms with E-state index in [1.54, 1.807) is 13.8 Å². The molecule has 0 saturated heterocycles. The Hall–Kier alpha value is -2.06. The maximum atomic E-state index is 12.4. The van der Waals surface area contributed by atoms with Gasteiger partial charge in [0.2, 0.25) is 0 Å². The normalized spacial score (nSPS) is 15.7. The number of rotatable bonds is 9. The van der Waals surface area contributed by atoms with Crippen molar-refractivity contribution in [2.45, 2.75) is 39.3 Å². The van der Waals surface area contributed by atoms with Crippen molar-refractivity contribution in [3.8, 4) is 5.75 Å². The van der Waals surface area contributed by atoms with E-state index in [0.29, 0.717) is 24.0 Å². The van der Waals surface area contributed by atoms with Gasteiger partial charge in [0.1, 0.15) is 24.2 Å². The summed E-state index contributed by atoms with van der Waals surface area (Å²) < 4.78 is 40.5. The van der Waals surface area contributed by atoms with Gasteiger partial charge >= 0.3 is 5.97 Å². The van der Waals surface area contributed by atoms with Crippen molar-refractivity contribution in [3.63, 3.8) is 0 Å². The van der Waals surface area contributed by atoms with E-state index in [9.17, 15) is 13.2 Å². The molecule has 0 radical (unpaired) electrons. The van der Waals surface area contributed by atoms with Crippen LogP contribution in [-0.2, 0) is 25.6 Å². The third-order valence-corrected chi connectivity index (χ3v) is 5.00. The Morgan fingerprint density at radius 2 is 2.07 bits per heavy atom. The van der Waals surface area contributed by atoms with E-state index < -0.39 is 16.2 Å². The summed E-state index contributed by atoms with van der Waals surface area (Å²) in [7, 11) is -3.55. The summed E-state index contributed by atoms with van der Waals surface area (Å²) in [6.07, 6.45) is 2.68. The quantitative estimate of drug-likeness (QED) is 0.479.